The summed E-state index contributed by atoms with van der Waals surface area (Å²) in [5.41, 5.74) is 0.803. The topological polar surface area (TPSA) is 79.3 Å². The molecule has 1 aromatic heterocycles. The van der Waals surface area contributed by atoms with Gasteiger partial charge in [-0.15, -0.1) is 0 Å². The van der Waals surface area contributed by atoms with Crippen molar-refractivity contribution in [3.8, 4) is 0 Å². The van der Waals surface area contributed by atoms with E-state index in [1.807, 2.05) is 26.0 Å². The molecule has 0 saturated carbocycles. The Hall–Kier alpha value is -2.43. The van der Waals surface area contributed by atoms with Crippen molar-refractivity contribution in [2.24, 2.45) is 0 Å². The second-order valence-corrected chi connectivity index (χ2v) is 5.64. The van der Waals surface area contributed by atoms with E-state index in [-0.39, 0.29) is 12.3 Å². The van der Waals surface area contributed by atoms with Gasteiger partial charge in [0.15, 0.2) is 0 Å². The van der Waals surface area contributed by atoms with E-state index >= 15 is 0 Å². The van der Waals surface area contributed by atoms with E-state index in [1.54, 1.807) is 24.4 Å². The third-order valence-electron chi connectivity index (χ3n) is 3.28. The average Bonchev–Trinajstić information content (AvgIpc) is 2.44. The minimum Gasteiger partial charge on any atom is -0.481 e. The van der Waals surface area contributed by atoms with E-state index in [1.165, 1.54) is 0 Å². The SMILES string of the molecule is CC(C)(CCC(=O)O)NC(=O)c1ccc2ncccc2c1. The molecule has 5 nitrogen and oxygen atoms in total. The summed E-state index contributed by atoms with van der Waals surface area (Å²) in [5, 5.41) is 12.5. The van der Waals surface area contributed by atoms with E-state index in [0.717, 1.165) is 10.9 Å². The van der Waals surface area contributed by atoms with Crippen molar-refractivity contribution in [3.63, 3.8) is 0 Å². The van der Waals surface area contributed by atoms with E-state index in [2.05, 4.69) is 10.3 Å². The number of rotatable bonds is 5. The molecule has 2 N–H and O–H groups in total. The molecular formula is C16H18N2O3. The molecule has 0 atom stereocenters. The molecule has 0 unspecified atom stereocenters. The number of hydrogen-bond acceptors (Lipinski definition) is 3. The molecule has 0 bridgehead atoms. The Morgan fingerprint density at radius 2 is 2.05 bits per heavy atom. The Morgan fingerprint density at radius 1 is 1.29 bits per heavy atom. The average molecular weight is 286 g/mol. The number of carbonyl (C=O) groups is 2. The minimum atomic E-state index is -0.867. The van der Waals surface area contributed by atoms with E-state index in [4.69, 9.17) is 5.11 Å². The van der Waals surface area contributed by atoms with Crippen LogP contribution in [0.2, 0.25) is 0 Å². The lowest BCUT2D eigenvalue weighted by molar-refractivity contribution is -0.137. The zero-order valence-corrected chi connectivity index (χ0v) is 12.1. The van der Waals surface area contributed by atoms with Crippen LogP contribution in [-0.4, -0.2) is 27.5 Å². The first-order valence-electron chi connectivity index (χ1n) is 6.76. The van der Waals surface area contributed by atoms with Gasteiger partial charge in [-0.05, 0) is 44.5 Å². The lowest BCUT2D eigenvalue weighted by Gasteiger charge is -2.25. The predicted molar refractivity (Wildman–Crippen MR) is 80.2 cm³/mol. The highest BCUT2D eigenvalue weighted by Crippen LogP contribution is 2.16. The molecule has 1 amide bonds. The molecule has 2 rings (SSSR count). The van der Waals surface area contributed by atoms with E-state index in [0.29, 0.717) is 12.0 Å². The number of pyridine rings is 1. The maximum atomic E-state index is 12.3. The molecule has 5 heteroatoms. The van der Waals surface area contributed by atoms with Crippen molar-refractivity contribution in [1.29, 1.82) is 0 Å². The first-order valence-corrected chi connectivity index (χ1v) is 6.76. The zero-order valence-electron chi connectivity index (χ0n) is 12.1. The molecule has 2 aromatic rings. The molecular weight excluding hydrogens is 268 g/mol. The minimum absolute atomic E-state index is 0.0227. The number of aromatic nitrogens is 1. The van der Waals surface area contributed by atoms with Crippen LogP contribution in [0.1, 0.15) is 37.0 Å². The van der Waals surface area contributed by atoms with Crippen molar-refractivity contribution in [2.75, 3.05) is 0 Å². The fraction of sp³-hybridized carbons (Fsp3) is 0.312. The third kappa shape index (κ3) is 4.02. The second kappa shape index (κ2) is 5.91. The van der Waals surface area contributed by atoms with Gasteiger partial charge in [0.1, 0.15) is 0 Å². The Kier molecular flexibility index (Phi) is 4.21. The highest BCUT2D eigenvalue weighted by molar-refractivity contribution is 5.98. The molecule has 0 aliphatic heterocycles. The van der Waals surface area contributed by atoms with Crippen molar-refractivity contribution < 1.29 is 14.7 Å². The summed E-state index contributed by atoms with van der Waals surface area (Å²) in [5.74, 6) is -1.08. The quantitative estimate of drug-likeness (QED) is 0.885. The van der Waals surface area contributed by atoms with Crippen molar-refractivity contribution in [1.82, 2.24) is 10.3 Å². The summed E-state index contributed by atoms with van der Waals surface area (Å²) in [4.78, 5) is 27.1. The van der Waals surface area contributed by atoms with Gasteiger partial charge in [0.25, 0.3) is 5.91 Å². The Balaban J connectivity index is 2.12. The van der Waals surface area contributed by atoms with Crippen LogP contribution in [0.3, 0.4) is 0 Å². The molecule has 0 fully saturated rings. The van der Waals surface area contributed by atoms with Gasteiger partial charge in [-0.25, -0.2) is 0 Å². The van der Waals surface area contributed by atoms with Crippen LogP contribution in [0.4, 0.5) is 0 Å². The Bertz CT molecular complexity index is 680. The summed E-state index contributed by atoms with van der Waals surface area (Å²) < 4.78 is 0. The number of aliphatic carboxylic acids is 1. The van der Waals surface area contributed by atoms with Crippen LogP contribution >= 0.6 is 0 Å². The summed E-state index contributed by atoms with van der Waals surface area (Å²) in [6, 6.07) is 9.02. The number of nitrogens with one attached hydrogen (secondary N) is 1. The Morgan fingerprint density at radius 3 is 2.76 bits per heavy atom. The largest absolute Gasteiger partial charge is 0.481 e. The van der Waals surface area contributed by atoms with Crippen LogP contribution in [-0.2, 0) is 4.79 Å². The summed E-state index contributed by atoms with van der Waals surface area (Å²) in [6.45, 7) is 3.63. The van der Waals surface area contributed by atoms with E-state index < -0.39 is 11.5 Å². The van der Waals surface area contributed by atoms with Crippen LogP contribution in [0.5, 0.6) is 0 Å². The molecule has 0 aliphatic carbocycles. The predicted octanol–water partition coefficient (Wildman–Crippen LogP) is 2.61. The van der Waals surface area contributed by atoms with Gasteiger partial charge in [-0.1, -0.05) is 6.07 Å². The fourth-order valence-corrected chi connectivity index (χ4v) is 2.08. The summed E-state index contributed by atoms with van der Waals surface area (Å²) in [6.07, 6.45) is 2.11. The van der Waals surface area contributed by atoms with Crippen molar-refractivity contribution >= 4 is 22.8 Å². The number of nitrogens with zero attached hydrogens (tertiary/aromatic N) is 1. The van der Waals surface area contributed by atoms with Gasteiger partial charge < -0.3 is 10.4 Å². The second-order valence-electron chi connectivity index (χ2n) is 5.64. The number of carboxylic acid groups (broad SMARTS) is 1. The number of fused-ring (bicyclic) bond motifs is 1. The van der Waals surface area contributed by atoms with Gasteiger partial charge in [0, 0.05) is 29.1 Å². The molecule has 21 heavy (non-hydrogen) atoms. The Labute approximate surface area is 123 Å². The number of amides is 1. The zero-order chi connectivity index (χ0) is 15.5. The maximum Gasteiger partial charge on any atom is 0.303 e. The van der Waals surface area contributed by atoms with Crippen LogP contribution in [0.25, 0.3) is 10.9 Å². The number of hydrogen-bond donors (Lipinski definition) is 2. The van der Waals surface area contributed by atoms with Crippen molar-refractivity contribution in [3.05, 3.63) is 42.1 Å². The van der Waals surface area contributed by atoms with Crippen LogP contribution < -0.4 is 5.32 Å². The smallest absolute Gasteiger partial charge is 0.303 e. The van der Waals surface area contributed by atoms with E-state index in [9.17, 15) is 9.59 Å². The normalized spacial score (nSPS) is 11.3. The van der Waals surface area contributed by atoms with Crippen LogP contribution in [0, 0.1) is 0 Å². The number of carboxylic acids is 1. The molecule has 1 aromatic carbocycles. The fourth-order valence-electron chi connectivity index (χ4n) is 2.08. The highest BCUT2D eigenvalue weighted by atomic mass is 16.4. The molecule has 0 saturated heterocycles. The van der Waals surface area contributed by atoms with Gasteiger partial charge in [-0.2, -0.15) is 0 Å². The van der Waals surface area contributed by atoms with Gasteiger partial charge >= 0.3 is 5.97 Å². The maximum absolute atomic E-state index is 12.3. The molecule has 0 spiro atoms. The van der Waals surface area contributed by atoms with Crippen molar-refractivity contribution in [2.45, 2.75) is 32.2 Å². The summed E-state index contributed by atoms with van der Waals surface area (Å²) >= 11 is 0. The van der Waals surface area contributed by atoms with Crippen LogP contribution in [0.15, 0.2) is 36.5 Å². The van der Waals surface area contributed by atoms with Gasteiger partial charge in [0.2, 0.25) is 0 Å². The lowest BCUT2D eigenvalue weighted by Crippen LogP contribution is -2.43. The molecule has 0 radical (unpaired) electrons. The molecule has 0 aliphatic rings. The number of carbonyl (C=O) groups excluding carboxylic acids is 1. The summed E-state index contributed by atoms with van der Waals surface area (Å²) in [7, 11) is 0. The third-order valence-corrected chi connectivity index (χ3v) is 3.28. The standard InChI is InChI=1S/C16H18N2O3/c1-16(2,8-7-14(19)20)18-15(21)12-5-6-13-11(10-12)4-3-9-17-13/h3-6,9-10H,7-8H2,1-2H3,(H,18,21)(H,19,20). The number of benzene rings is 1. The lowest BCUT2D eigenvalue weighted by atomic mass is 9.97. The highest BCUT2D eigenvalue weighted by Gasteiger charge is 2.22. The first kappa shape index (κ1) is 15.0. The monoisotopic (exact) mass is 286 g/mol. The molecule has 110 valence electrons. The first-order chi connectivity index (χ1) is 9.87. The van der Waals surface area contributed by atoms with Gasteiger partial charge in [0.05, 0.1) is 5.52 Å². The van der Waals surface area contributed by atoms with Gasteiger partial charge in [-0.3, -0.25) is 14.6 Å². The molecule has 1 heterocycles.